The van der Waals surface area contributed by atoms with Crippen LogP contribution in [0.3, 0.4) is 0 Å². The molecule has 2 nitrogen and oxygen atoms in total. The van der Waals surface area contributed by atoms with Gasteiger partial charge in [0.25, 0.3) is 0 Å². The van der Waals surface area contributed by atoms with Gasteiger partial charge in [-0.2, -0.15) is 0 Å². The van der Waals surface area contributed by atoms with Crippen LogP contribution in [0.15, 0.2) is 35.7 Å². The second kappa shape index (κ2) is 7.62. The van der Waals surface area contributed by atoms with Crippen LogP contribution in [0.2, 0.25) is 0 Å². The van der Waals surface area contributed by atoms with Gasteiger partial charge in [0, 0.05) is 0 Å². The molecule has 0 aliphatic heterocycles. The Labute approximate surface area is 132 Å². The molecule has 1 N–H and O–H groups in total. The zero-order chi connectivity index (χ0) is 15.2. The third-order valence-electron chi connectivity index (χ3n) is 3.50. The summed E-state index contributed by atoms with van der Waals surface area (Å²) in [5, 5.41) is 5.66. The van der Waals surface area contributed by atoms with Crippen LogP contribution in [0, 0.1) is 5.92 Å². The SMILES string of the molecule is CCNC(c1ccc(CC(C)C)cc1)c1sccc1OC. The Kier molecular flexibility index (Phi) is 5.83. The minimum Gasteiger partial charge on any atom is -0.496 e. The molecule has 1 aromatic carbocycles. The molecule has 2 aromatic rings. The fraction of sp³-hybridized carbons (Fsp3) is 0.444. The maximum atomic E-state index is 5.48. The highest BCUT2D eigenvalue weighted by Crippen LogP contribution is 2.34. The Bertz CT molecular complexity index is 545. The van der Waals surface area contributed by atoms with Gasteiger partial charge >= 0.3 is 0 Å². The molecule has 0 amide bonds. The van der Waals surface area contributed by atoms with Crippen LogP contribution < -0.4 is 10.1 Å². The van der Waals surface area contributed by atoms with E-state index >= 15 is 0 Å². The zero-order valence-corrected chi connectivity index (χ0v) is 14.2. The monoisotopic (exact) mass is 303 g/mol. The maximum absolute atomic E-state index is 5.48. The first kappa shape index (κ1) is 16.1. The first-order valence-corrected chi connectivity index (χ1v) is 8.47. The van der Waals surface area contributed by atoms with Crippen molar-refractivity contribution in [2.24, 2.45) is 5.92 Å². The predicted molar refractivity (Wildman–Crippen MR) is 91.4 cm³/mol. The molecule has 0 bridgehead atoms. The van der Waals surface area contributed by atoms with Crippen molar-refractivity contribution in [1.82, 2.24) is 5.32 Å². The summed E-state index contributed by atoms with van der Waals surface area (Å²) in [5.74, 6) is 1.66. The highest BCUT2D eigenvalue weighted by molar-refractivity contribution is 7.10. The largest absolute Gasteiger partial charge is 0.496 e. The van der Waals surface area contributed by atoms with Crippen molar-refractivity contribution in [1.29, 1.82) is 0 Å². The maximum Gasteiger partial charge on any atom is 0.134 e. The molecule has 114 valence electrons. The van der Waals surface area contributed by atoms with Gasteiger partial charge in [0.1, 0.15) is 5.75 Å². The van der Waals surface area contributed by atoms with Gasteiger partial charge in [-0.05, 0) is 41.5 Å². The molecule has 3 heteroatoms. The van der Waals surface area contributed by atoms with Crippen LogP contribution in [0.4, 0.5) is 0 Å². The van der Waals surface area contributed by atoms with Crippen LogP contribution in [0.5, 0.6) is 5.75 Å². The van der Waals surface area contributed by atoms with Crippen molar-refractivity contribution in [2.45, 2.75) is 33.2 Å². The highest BCUT2D eigenvalue weighted by atomic mass is 32.1. The number of hydrogen-bond donors (Lipinski definition) is 1. The molecule has 0 radical (unpaired) electrons. The first-order valence-electron chi connectivity index (χ1n) is 7.59. The van der Waals surface area contributed by atoms with Crippen molar-refractivity contribution < 1.29 is 4.74 Å². The standard InChI is InChI=1S/C18H25NOS/c1-5-19-17(18-16(20-4)10-11-21-18)15-8-6-14(7-9-15)12-13(2)3/h6-11,13,17,19H,5,12H2,1-4H3. The second-order valence-electron chi connectivity index (χ2n) is 5.68. The lowest BCUT2D eigenvalue weighted by atomic mass is 9.98. The number of nitrogens with one attached hydrogen (secondary N) is 1. The van der Waals surface area contributed by atoms with Crippen LogP contribution in [0.1, 0.15) is 42.8 Å². The Hall–Kier alpha value is -1.32. The van der Waals surface area contributed by atoms with Gasteiger partial charge in [0.15, 0.2) is 0 Å². The van der Waals surface area contributed by atoms with E-state index in [-0.39, 0.29) is 6.04 Å². The molecule has 1 aromatic heterocycles. The lowest BCUT2D eigenvalue weighted by Gasteiger charge is -2.19. The molecule has 1 unspecified atom stereocenters. The molecule has 0 fully saturated rings. The zero-order valence-electron chi connectivity index (χ0n) is 13.3. The molecule has 0 saturated heterocycles. The number of ether oxygens (including phenoxy) is 1. The van der Waals surface area contributed by atoms with E-state index in [1.807, 2.05) is 6.07 Å². The molecule has 2 rings (SSSR count). The third-order valence-corrected chi connectivity index (χ3v) is 4.47. The van der Waals surface area contributed by atoms with Crippen LogP contribution in [-0.4, -0.2) is 13.7 Å². The van der Waals surface area contributed by atoms with Crippen molar-refractivity contribution >= 4 is 11.3 Å². The van der Waals surface area contributed by atoms with Gasteiger partial charge in [-0.15, -0.1) is 11.3 Å². The predicted octanol–water partition coefficient (Wildman–Crippen LogP) is 4.65. The minimum absolute atomic E-state index is 0.207. The summed E-state index contributed by atoms with van der Waals surface area (Å²) >= 11 is 1.74. The summed E-state index contributed by atoms with van der Waals surface area (Å²) in [6, 6.07) is 11.2. The molecule has 0 saturated carbocycles. The van der Waals surface area contributed by atoms with Crippen LogP contribution in [-0.2, 0) is 6.42 Å². The number of benzene rings is 1. The first-order chi connectivity index (χ1) is 10.2. The molecule has 0 aliphatic rings. The van der Waals surface area contributed by atoms with E-state index in [0.29, 0.717) is 5.92 Å². The molecule has 1 atom stereocenters. The van der Waals surface area contributed by atoms with E-state index in [1.165, 1.54) is 16.0 Å². The van der Waals surface area contributed by atoms with Gasteiger partial charge < -0.3 is 10.1 Å². The number of thiophene rings is 1. The lowest BCUT2D eigenvalue weighted by molar-refractivity contribution is 0.408. The average Bonchev–Trinajstić information content (AvgIpc) is 2.93. The van der Waals surface area contributed by atoms with Crippen LogP contribution in [0.25, 0.3) is 0 Å². The molecule has 0 aliphatic carbocycles. The van der Waals surface area contributed by atoms with Crippen molar-refractivity contribution in [3.8, 4) is 5.75 Å². The minimum atomic E-state index is 0.207. The quantitative estimate of drug-likeness (QED) is 0.803. The Morgan fingerprint density at radius 2 is 1.86 bits per heavy atom. The van der Waals surface area contributed by atoms with Gasteiger partial charge in [-0.3, -0.25) is 0 Å². The summed E-state index contributed by atoms with van der Waals surface area (Å²) < 4.78 is 5.48. The van der Waals surface area contributed by atoms with E-state index in [9.17, 15) is 0 Å². The average molecular weight is 303 g/mol. The van der Waals surface area contributed by atoms with E-state index in [1.54, 1.807) is 18.4 Å². The lowest BCUT2D eigenvalue weighted by Crippen LogP contribution is -2.21. The van der Waals surface area contributed by atoms with Gasteiger partial charge in [0.2, 0.25) is 0 Å². The molecule has 21 heavy (non-hydrogen) atoms. The number of rotatable bonds is 7. The van der Waals surface area contributed by atoms with E-state index < -0.39 is 0 Å². The molecule has 1 heterocycles. The van der Waals surface area contributed by atoms with Crippen molar-refractivity contribution in [2.75, 3.05) is 13.7 Å². The van der Waals surface area contributed by atoms with Crippen LogP contribution >= 0.6 is 11.3 Å². The topological polar surface area (TPSA) is 21.3 Å². The van der Waals surface area contributed by atoms with Crippen molar-refractivity contribution in [3.63, 3.8) is 0 Å². The smallest absolute Gasteiger partial charge is 0.134 e. The highest BCUT2D eigenvalue weighted by Gasteiger charge is 2.18. The Morgan fingerprint density at radius 3 is 2.43 bits per heavy atom. The summed E-state index contributed by atoms with van der Waals surface area (Å²) in [4.78, 5) is 1.25. The summed E-state index contributed by atoms with van der Waals surface area (Å²) in [7, 11) is 1.74. The van der Waals surface area contributed by atoms with Crippen molar-refractivity contribution in [3.05, 3.63) is 51.7 Å². The molecular weight excluding hydrogens is 278 g/mol. The van der Waals surface area contributed by atoms with Gasteiger partial charge in [0.05, 0.1) is 18.0 Å². The number of methoxy groups -OCH3 is 1. The third kappa shape index (κ3) is 4.08. The fourth-order valence-electron chi connectivity index (χ4n) is 2.57. The second-order valence-corrected chi connectivity index (χ2v) is 6.63. The number of hydrogen-bond acceptors (Lipinski definition) is 3. The van der Waals surface area contributed by atoms with E-state index in [0.717, 1.165) is 18.7 Å². The van der Waals surface area contributed by atoms with Gasteiger partial charge in [-0.1, -0.05) is 45.0 Å². The molecular formula is C18H25NOS. The Morgan fingerprint density at radius 1 is 1.14 bits per heavy atom. The summed E-state index contributed by atoms with van der Waals surface area (Å²) in [5.41, 5.74) is 2.70. The molecule has 0 spiro atoms. The normalized spacial score (nSPS) is 12.6. The van der Waals surface area contributed by atoms with E-state index in [4.69, 9.17) is 4.74 Å². The summed E-state index contributed by atoms with van der Waals surface area (Å²) in [6.45, 7) is 7.58. The fourth-order valence-corrected chi connectivity index (χ4v) is 3.53. The van der Waals surface area contributed by atoms with Gasteiger partial charge in [-0.25, -0.2) is 0 Å². The summed E-state index contributed by atoms with van der Waals surface area (Å²) in [6.07, 6.45) is 1.13. The van der Waals surface area contributed by atoms with E-state index in [2.05, 4.69) is 55.7 Å². The Balaban J connectivity index is 2.26.